The van der Waals surface area contributed by atoms with Gasteiger partial charge in [-0.3, -0.25) is 15.1 Å². The monoisotopic (exact) mass is 587 g/mol. The molecule has 42 heavy (non-hydrogen) atoms. The van der Waals surface area contributed by atoms with Gasteiger partial charge in [0.25, 0.3) is 5.91 Å². The highest BCUT2D eigenvalue weighted by Crippen LogP contribution is 2.49. The average Bonchev–Trinajstić information content (AvgIpc) is 3.13. The third kappa shape index (κ3) is 5.07. The first-order valence-electron chi connectivity index (χ1n) is 13.1. The van der Waals surface area contributed by atoms with Crippen molar-refractivity contribution in [1.82, 2.24) is 9.88 Å². The van der Waals surface area contributed by atoms with E-state index >= 15 is 0 Å². The average molecular weight is 588 g/mol. The maximum Gasteiger partial charge on any atom is 0.411 e. The Hall–Kier alpha value is -4.77. The van der Waals surface area contributed by atoms with E-state index in [9.17, 15) is 22.8 Å². The number of rotatable bonds is 8. The minimum Gasteiger partial charge on any atom is -0.451 e. The zero-order valence-electron chi connectivity index (χ0n) is 23.0. The Bertz CT molecular complexity index is 1630. The number of aromatic nitrogens is 1. The van der Waals surface area contributed by atoms with Crippen LogP contribution in [0, 0.1) is 0 Å². The van der Waals surface area contributed by atoms with Crippen molar-refractivity contribution in [3.63, 3.8) is 0 Å². The van der Waals surface area contributed by atoms with Crippen LogP contribution in [0.25, 0.3) is 6.08 Å². The molecule has 2 atom stereocenters. The second kappa shape index (κ2) is 11.2. The molecule has 2 aliphatic rings. The normalized spacial score (nSPS) is 20.9. The van der Waals surface area contributed by atoms with Crippen LogP contribution in [-0.2, 0) is 28.9 Å². The van der Waals surface area contributed by atoms with E-state index in [1.165, 1.54) is 44.3 Å². The van der Waals surface area contributed by atoms with Crippen LogP contribution in [0.4, 0.5) is 10.5 Å². The van der Waals surface area contributed by atoms with Crippen molar-refractivity contribution in [3.8, 4) is 0 Å². The lowest BCUT2D eigenvalue weighted by Crippen LogP contribution is -2.59. The van der Waals surface area contributed by atoms with Crippen molar-refractivity contribution in [2.45, 2.75) is 36.1 Å². The number of sulfone groups is 1. The number of hydrogen-bond donors (Lipinski definition) is 1. The predicted molar refractivity (Wildman–Crippen MR) is 156 cm³/mol. The molecule has 5 rings (SSSR count). The summed E-state index contributed by atoms with van der Waals surface area (Å²) in [7, 11) is -4.06. The third-order valence-electron chi connectivity index (χ3n) is 7.29. The molecule has 0 radical (unpaired) electrons. The molecule has 2 amide bonds. The van der Waals surface area contributed by atoms with E-state index in [-0.39, 0.29) is 17.9 Å². The molecule has 0 saturated carbocycles. The summed E-state index contributed by atoms with van der Waals surface area (Å²) in [6.07, 6.45) is 2.66. The topological polar surface area (TPSA) is 132 Å². The summed E-state index contributed by atoms with van der Waals surface area (Å²) < 4.78 is 36.7. The molecule has 0 bridgehead atoms. The molecule has 2 aromatic carbocycles. The number of benzene rings is 2. The van der Waals surface area contributed by atoms with E-state index in [4.69, 9.17) is 9.47 Å². The van der Waals surface area contributed by atoms with Crippen LogP contribution < -0.4 is 5.32 Å². The number of carbonyl (C=O) groups is 3. The number of hydrogen-bond acceptors (Lipinski definition) is 8. The highest BCUT2D eigenvalue weighted by Gasteiger charge is 2.70. The van der Waals surface area contributed by atoms with Gasteiger partial charge in [0.1, 0.15) is 11.4 Å². The molecule has 1 N–H and O–H groups in total. The first-order chi connectivity index (χ1) is 20.1. The highest BCUT2D eigenvalue weighted by atomic mass is 32.2. The summed E-state index contributed by atoms with van der Waals surface area (Å²) >= 11 is 0. The van der Waals surface area contributed by atoms with Gasteiger partial charge in [0.2, 0.25) is 0 Å². The SMILES string of the molecule is C=CCOC(=O)Nc1ccnc(C=C2C(=O)N3[C@@H](C(=O)OC(c4ccccc4)c4ccccc4)C(C)(C)S(=O)(=O)[C@H]23)c1. The lowest BCUT2D eigenvalue weighted by molar-refractivity contribution is -0.160. The van der Waals surface area contributed by atoms with Crippen LogP contribution in [0.2, 0.25) is 0 Å². The predicted octanol–water partition coefficient (Wildman–Crippen LogP) is 4.28. The van der Waals surface area contributed by atoms with Crippen LogP contribution >= 0.6 is 0 Å². The van der Waals surface area contributed by atoms with Crippen LogP contribution in [0.1, 0.15) is 36.8 Å². The Kier molecular flexibility index (Phi) is 7.70. The van der Waals surface area contributed by atoms with Gasteiger partial charge in [-0.1, -0.05) is 73.3 Å². The molecule has 11 heteroatoms. The number of nitrogens with zero attached hydrogens (tertiary/aromatic N) is 2. The van der Waals surface area contributed by atoms with Gasteiger partial charge in [0, 0.05) is 11.9 Å². The Labute approximate surface area is 243 Å². The second-order valence-electron chi connectivity index (χ2n) is 10.3. The largest absolute Gasteiger partial charge is 0.451 e. The molecular weight excluding hydrogens is 558 g/mol. The number of fused-ring (bicyclic) bond motifs is 1. The van der Waals surface area contributed by atoms with Crippen molar-refractivity contribution in [2.24, 2.45) is 0 Å². The fraction of sp³-hybridized carbons (Fsp3) is 0.226. The number of β-lactam (4-membered cyclic amide) rings is 1. The highest BCUT2D eigenvalue weighted by molar-refractivity contribution is 7.94. The van der Waals surface area contributed by atoms with Gasteiger partial charge in [0.05, 0.1) is 11.3 Å². The summed E-state index contributed by atoms with van der Waals surface area (Å²) in [5, 5.41) is 1.18. The van der Waals surface area contributed by atoms with E-state index in [0.29, 0.717) is 16.8 Å². The van der Waals surface area contributed by atoms with Crippen LogP contribution in [0.3, 0.4) is 0 Å². The molecule has 2 fully saturated rings. The fourth-order valence-corrected chi connectivity index (χ4v) is 7.26. The van der Waals surface area contributed by atoms with E-state index in [2.05, 4.69) is 16.9 Å². The van der Waals surface area contributed by atoms with Gasteiger partial charge >= 0.3 is 12.1 Å². The van der Waals surface area contributed by atoms with Crippen molar-refractivity contribution in [1.29, 1.82) is 0 Å². The van der Waals surface area contributed by atoms with Crippen molar-refractivity contribution in [2.75, 3.05) is 11.9 Å². The number of esters is 1. The summed E-state index contributed by atoms with van der Waals surface area (Å²) in [4.78, 5) is 44.3. The van der Waals surface area contributed by atoms with Gasteiger partial charge in [0.15, 0.2) is 27.4 Å². The maximum atomic E-state index is 13.8. The fourth-order valence-electron chi connectivity index (χ4n) is 5.14. The van der Waals surface area contributed by atoms with Crippen molar-refractivity contribution < 1.29 is 32.3 Å². The number of anilines is 1. The molecule has 0 spiro atoms. The van der Waals surface area contributed by atoms with E-state index < -0.39 is 50.1 Å². The van der Waals surface area contributed by atoms with Gasteiger partial charge in [-0.15, -0.1) is 0 Å². The standard InChI is InChI=1S/C31H29N3O7S/c1-4-17-40-30(37)33-22-15-16-32-23(18-22)19-24-27(35)34-26(31(2,3)42(38,39)28(24)34)29(36)41-25(20-11-7-5-8-12-20)21-13-9-6-10-14-21/h4-16,18-19,25-26,28H,1,17H2,2-3H3,(H,32,33,37)/t26-,28+/m0/s1. The molecule has 1 aromatic heterocycles. The van der Waals surface area contributed by atoms with Crippen molar-refractivity contribution >= 4 is 39.6 Å². The number of pyridine rings is 1. The van der Waals surface area contributed by atoms with Crippen LogP contribution in [0.5, 0.6) is 0 Å². The molecular formula is C31H29N3O7S. The number of amides is 2. The summed E-state index contributed by atoms with van der Waals surface area (Å²) in [6, 6.07) is 19.8. The summed E-state index contributed by atoms with van der Waals surface area (Å²) in [6.45, 7) is 6.35. The molecule has 3 aromatic rings. The molecule has 10 nitrogen and oxygen atoms in total. The van der Waals surface area contributed by atoms with E-state index in [1.54, 1.807) is 0 Å². The van der Waals surface area contributed by atoms with Crippen LogP contribution in [0.15, 0.2) is 97.2 Å². The molecule has 3 heterocycles. The Balaban J connectivity index is 1.43. The molecule has 2 saturated heterocycles. The second-order valence-corrected chi connectivity index (χ2v) is 12.9. The lowest BCUT2D eigenvalue weighted by atomic mass is 9.94. The van der Waals surface area contributed by atoms with Crippen molar-refractivity contribution in [3.05, 3.63) is 114 Å². The number of ether oxygens (including phenoxy) is 2. The number of nitrogens with one attached hydrogen (secondary N) is 1. The maximum absolute atomic E-state index is 13.8. The molecule has 216 valence electrons. The van der Waals surface area contributed by atoms with Gasteiger partial charge in [-0.2, -0.15) is 0 Å². The van der Waals surface area contributed by atoms with Gasteiger partial charge in [-0.05, 0) is 43.2 Å². The Morgan fingerprint density at radius 2 is 1.69 bits per heavy atom. The minimum absolute atomic E-state index is 0.0224. The molecule has 0 aliphatic carbocycles. The first kappa shape index (κ1) is 28.7. The van der Waals surface area contributed by atoms with Gasteiger partial charge < -0.3 is 14.4 Å². The summed E-state index contributed by atoms with van der Waals surface area (Å²) in [5.41, 5.74) is 1.96. The van der Waals surface area contributed by atoms with Crippen LogP contribution in [-0.4, -0.2) is 59.0 Å². The molecule has 2 aliphatic heterocycles. The minimum atomic E-state index is -4.06. The first-order valence-corrected chi connectivity index (χ1v) is 14.7. The quantitative estimate of drug-likeness (QED) is 0.179. The lowest BCUT2D eigenvalue weighted by Gasteiger charge is -2.38. The smallest absolute Gasteiger partial charge is 0.411 e. The third-order valence-corrected chi connectivity index (χ3v) is 10.0. The van der Waals surface area contributed by atoms with E-state index in [0.717, 1.165) is 4.90 Å². The van der Waals surface area contributed by atoms with Gasteiger partial charge in [-0.25, -0.2) is 18.0 Å². The van der Waals surface area contributed by atoms with E-state index in [1.807, 2.05) is 60.7 Å². The Morgan fingerprint density at radius 1 is 1.07 bits per heavy atom. The Morgan fingerprint density at radius 3 is 2.29 bits per heavy atom. The summed E-state index contributed by atoms with van der Waals surface area (Å²) in [5.74, 6) is -1.43. The number of carbonyl (C=O) groups excluding carboxylic acids is 3. The zero-order valence-corrected chi connectivity index (χ0v) is 23.8. The molecule has 0 unspecified atom stereocenters. The zero-order chi connectivity index (χ0) is 30.1.